The van der Waals surface area contributed by atoms with E-state index in [2.05, 4.69) is 31.6 Å². The van der Waals surface area contributed by atoms with Crippen molar-refractivity contribution in [2.24, 2.45) is 17.6 Å². The van der Waals surface area contributed by atoms with Crippen molar-refractivity contribution in [1.29, 1.82) is 0 Å². The molecule has 20 heteroatoms. The highest BCUT2D eigenvalue weighted by Gasteiger charge is 2.30. The Balaban J connectivity index is 0.0000118. The molecule has 0 unspecified atom stereocenters. The zero-order valence-electron chi connectivity index (χ0n) is 46.3. The zero-order valence-corrected chi connectivity index (χ0v) is 46.3. The lowest BCUT2D eigenvalue weighted by atomic mass is 9.89. The molecule has 20 nitrogen and oxygen atoms in total. The Kier molecular flexibility index (Phi) is 26.9. The van der Waals surface area contributed by atoms with E-state index in [4.69, 9.17) is 19.9 Å². The number of para-hydroxylation sites is 1. The minimum Gasteiger partial charge on any atom is -0.379 e. The number of aromatic nitrogens is 4. The number of nitrogens with one attached hydrogen (secondary N) is 4. The van der Waals surface area contributed by atoms with Gasteiger partial charge in [-0.2, -0.15) is 0 Å². The predicted octanol–water partition coefficient (Wildman–Crippen LogP) is 6.85. The maximum atomic E-state index is 13.8. The van der Waals surface area contributed by atoms with Crippen LogP contribution >= 0.6 is 0 Å². The monoisotopic (exact) mass is 1100 g/mol. The SMILES string of the molecule is CC(C)[C@H](NC(=O)CCOCCOCCOCCN1C(=O)C=CC1=O)C(=O)C[C@@H](CCCNC(N)=O)C(=O)Nc1ccc(C[n+]2cccc(-c3cn(CCCCCCCC(=O)Nc4ccccc4-c4ccccc4)nn3)c2)cc1.[CH3-]. The topological polar surface area (TPSA) is 259 Å². The number of Topliss-reactive ketones (excluding diaryl/α,β-unsaturated/α-hetero) is 1. The largest absolute Gasteiger partial charge is 0.379 e. The molecule has 0 fully saturated rings. The lowest BCUT2D eigenvalue weighted by Gasteiger charge is -2.24. The summed E-state index contributed by atoms with van der Waals surface area (Å²) in [5, 5.41) is 20.2. The van der Waals surface area contributed by atoms with Gasteiger partial charge in [0.25, 0.3) is 11.8 Å². The second-order valence-corrected chi connectivity index (χ2v) is 19.6. The van der Waals surface area contributed by atoms with Crippen molar-refractivity contribution in [2.45, 2.75) is 97.2 Å². The first-order valence-electron chi connectivity index (χ1n) is 27.2. The fraction of sp³-hybridized carbons (Fsp3) is 0.417. The van der Waals surface area contributed by atoms with Gasteiger partial charge >= 0.3 is 6.03 Å². The van der Waals surface area contributed by atoms with Crippen LogP contribution in [0.3, 0.4) is 0 Å². The van der Waals surface area contributed by atoms with E-state index < -0.39 is 18.0 Å². The molecule has 1 aliphatic rings. The van der Waals surface area contributed by atoms with Gasteiger partial charge in [0.05, 0.1) is 64.0 Å². The van der Waals surface area contributed by atoms with Crippen LogP contribution < -0.4 is 31.6 Å². The lowest BCUT2D eigenvalue weighted by molar-refractivity contribution is -0.687. The molecule has 0 saturated heterocycles. The molecule has 7 amide bonds. The smallest absolute Gasteiger partial charge is 0.312 e. The summed E-state index contributed by atoms with van der Waals surface area (Å²) >= 11 is 0. The molecule has 3 aromatic carbocycles. The third-order valence-corrected chi connectivity index (χ3v) is 13.1. The van der Waals surface area contributed by atoms with Crippen molar-refractivity contribution in [3.8, 4) is 22.4 Å². The second kappa shape index (κ2) is 34.2. The van der Waals surface area contributed by atoms with Crippen LogP contribution in [0.5, 0.6) is 0 Å². The summed E-state index contributed by atoms with van der Waals surface area (Å²) in [5.74, 6) is -2.74. The molecule has 80 heavy (non-hydrogen) atoms. The Bertz CT molecular complexity index is 2790. The van der Waals surface area contributed by atoms with Gasteiger partial charge in [-0.15, -0.1) is 5.10 Å². The number of ether oxygens (including phenoxy) is 3. The highest BCUT2D eigenvalue weighted by Crippen LogP contribution is 2.28. The van der Waals surface area contributed by atoms with Gasteiger partial charge in [0.2, 0.25) is 17.7 Å². The Hall–Kier alpha value is -7.94. The Labute approximate surface area is 469 Å². The number of aryl methyl sites for hydroxylation is 1. The molecule has 3 heterocycles. The van der Waals surface area contributed by atoms with Gasteiger partial charge in [-0.1, -0.05) is 99.0 Å². The summed E-state index contributed by atoms with van der Waals surface area (Å²) in [5.41, 5.74) is 11.4. The molecule has 0 spiro atoms. The highest BCUT2D eigenvalue weighted by atomic mass is 16.5. The standard InChI is InChI=1S/C59H74N10O10.CH3/c1-43(2)57(64-54(72)28-33-77-35-37-79-38-36-78-34-32-69-55(73)26-27-56(69)74)52(70)39-46(17-13-29-61-59(60)76)58(75)62-48-24-22-44(23-25-48)40-67-30-14-18-47(41-67)51-42-68(66-65-51)31-12-5-3-4-9-21-53(71)63-50-20-11-10-19-49(50)45-15-7-6-8-16-45;/h6-8,10-11,14-16,18-20,22-27,30,41-43,46,57H,3-5,9,12-13,17,21,28-29,31-40H2,1-2H3,(H5-,60,61,62,63,64,71,72,75,76);1H3/q;-1/p+1/t46-,57+;/m1./s1. The average Bonchev–Trinajstić information content (AvgIpc) is 4.07. The minimum absolute atomic E-state index is 0. The third kappa shape index (κ3) is 21.7. The lowest BCUT2D eigenvalue weighted by Crippen LogP contribution is -2.45. The van der Waals surface area contributed by atoms with Crippen molar-refractivity contribution in [2.75, 3.05) is 63.4 Å². The van der Waals surface area contributed by atoms with Crippen LogP contribution in [-0.4, -0.2) is 120 Å². The van der Waals surface area contributed by atoms with Gasteiger partial charge in [0.1, 0.15) is 5.69 Å². The van der Waals surface area contributed by atoms with E-state index in [9.17, 15) is 33.6 Å². The number of ketones is 1. The summed E-state index contributed by atoms with van der Waals surface area (Å²) in [7, 11) is 0. The van der Waals surface area contributed by atoms with Gasteiger partial charge in [0.15, 0.2) is 24.7 Å². The molecule has 428 valence electrons. The van der Waals surface area contributed by atoms with Crippen molar-refractivity contribution in [3.05, 3.63) is 135 Å². The number of nitrogens with zero attached hydrogens (tertiary/aromatic N) is 5. The molecule has 2 aromatic heterocycles. The molecule has 6 N–H and O–H groups in total. The molecular formula is C60H78N10O10. The Morgan fingerprint density at radius 1 is 0.688 bits per heavy atom. The van der Waals surface area contributed by atoms with E-state index in [1.807, 2.05) is 133 Å². The maximum absolute atomic E-state index is 13.8. The van der Waals surface area contributed by atoms with Crippen molar-refractivity contribution >= 4 is 52.7 Å². The number of carbonyl (C=O) groups is 7. The number of primary amides is 1. The molecule has 5 aromatic rings. The summed E-state index contributed by atoms with van der Waals surface area (Å²) in [4.78, 5) is 88.9. The number of urea groups is 1. The van der Waals surface area contributed by atoms with E-state index in [1.165, 1.54) is 12.2 Å². The molecule has 0 aliphatic carbocycles. The number of amides is 7. The number of anilines is 2. The van der Waals surface area contributed by atoms with Gasteiger partial charge in [0, 0.05) is 79.0 Å². The molecular weight excluding hydrogens is 1020 g/mol. The van der Waals surface area contributed by atoms with Crippen LogP contribution in [0.2, 0.25) is 0 Å². The van der Waals surface area contributed by atoms with Crippen molar-refractivity contribution < 1.29 is 52.3 Å². The first-order valence-corrected chi connectivity index (χ1v) is 27.2. The quantitative estimate of drug-likeness (QED) is 0.0120. The second-order valence-electron chi connectivity index (χ2n) is 19.6. The molecule has 2 atom stereocenters. The number of hydrogen-bond acceptors (Lipinski definition) is 12. The summed E-state index contributed by atoms with van der Waals surface area (Å²) in [6.45, 7) is 6.67. The van der Waals surface area contributed by atoms with Crippen LogP contribution in [-0.2, 0) is 56.1 Å². The summed E-state index contributed by atoms with van der Waals surface area (Å²) in [6.07, 6.45) is 14.2. The van der Waals surface area contributed by atoms with E-state index in [0.29, 0.717) is 25.1 Å². The number of hydrogen-bond donors (Lipinski definition) is 5. The number of rotatable bonds is 36. The van der Waals surface area contributed by atoms with Crippen molar-refractivity contribution in [3.63, 3.8) is 0 Å². The number of benzene rings is 3. The minimum atomic E-state index is -0.841. The van der Waals surface area contributed by atoms with Gasteiger partial charge in [-0.05, 0) is 61.4 Å². The van der Waals surface area contributed by atoms with Crippen LogP contribution in [0.25, 0.3) is 22.4 Å². The van der Waals surface area contributed by atoms with Crippen LogP contribution in [0.4, 0.5) is 16.2 Å². The fourth-order valence-electron chi connectivity index (χ4n) is 8.86. The number of nitrogens with two attached hydrogens (primary N) is 1. The first kappa shape index (κ1) is 62.9. The number of pyridine rings is 1. The molecule has 6 rings (SSSR count). The molecule has 0 radical (unpaired) electrons. The van der Waals surface area contributed by atoms with Gasteiger partial charge < -0.3 is 48.6 Å². The molecule has 0 saturated carbocycles. The van der Waals surface area contributed by atoms with E-state index in [0.717, 1.165) is 77.2 Å². The van der Waals surface area contributed by atoms with E-state index in [1.54, 1.807) is 0 Å². The van der Waals surface area contributed by atoms with Gasteiger partial charge in [-0.3, -0.25) is 38.3 Å². The Morgan fingerprint density at radius 3 is 2.08 bits per heavy atom. The third-order valence-electron chi connectivity index (χ3n) is 13.1. The highest BCUT2D eigenvalue weighted by molar-refractivity contribution is 6.12. The molecule has 0 bridgehead atoms. The first-order chi connectivity index (χ1) is 38.3. The zero-order chi connectivity index (χ0) is 56.2. The van der Waals surface area contributed by atoms with Crippen LogP contribution in [0, 0.1) is 19.3 Å². The van der Waals surface area contributed by atoms with Crippen LogP contribution in [0.1, 0.15) is 83.6 Å². The number of unbranched alkanes of at least 4 members (excludes halogenated alkanes) is 4. The maximum Gasteiger partial charge on any atom is 0.312 e. The summed E-state index contributed by atoms with van der Waals surface area (Å²) in [6, 6.07) is 27.8. The number of imide groups is 1. The summed E-state index contributed by atoms with van der Waals surface area (Å²) < 4.78 is 20.4. The Morgan fingerprint density at radius 2 is 1.35 bits per heavy atom. The van der Waals surface area contributed by atoms with Crippen LogP contribution in [0.15, 0.2) is 122 Å². The predicted molar refractivity (Wildman–Crippen MR) is 304 cm³/mol. The van der Waals surface area contributed by atoms with E-state index >= 15 is 0 Å². The van der Waals surface area contributed by atoms with Crippen molar-refractivity contribution in [1.82, 2.24) is 30.5 Å². The van der Waals surface area contributed by atoms with Gasteiger partial charge in [-0.25, -0.2) is 9.36 Å². The molecule has 1 aliphatic heterocycles. The normalized spacial score (nSPS) is 12.7. The average molecular weight is 1100 g/mol. The van der Waals surface area contributed by atoms with E-state index in [-0.39, 0.29) is 121 Å². The number of carbonyl (C=O) groups excluding carboxylic acids is 7. The fourth-order valence-corrected chi connectivity index (χ4v) is 8.86.